The summed E-state index contributed by atoms with van der Waals surface area (Å²) in [5.74, 6) is -0.166. The monoisotopic (exact) mass is 484 g/mol. The molecule has 2 N–H and O–H groups in total. The summed E-state index contributed by atoms with van der Waals surface area (Å²) in [4.78, 5) is 23.0. The molecular weight excluding hydrogens is 460 g/mol. The zero-order valence-corrected chi connectivity index (χ0v) is 19.6. The number of hydrogen-bond acceptors (Lipinski definition) is 7. The second-order valence-electron chi connectivity index (χ2n) is 7.90. The number of non-ortho nitro benzene ring substituents is 1. The Bertz CT molecular complexity index is 1300. The normalized spacial score (nSPS) is 12.7. The number of hydrazone groups is 1. The van der Waals surface area contributed by atoms with Crippen LogP contribution in [0.4, 0.5) is 5.69 Å². The Morgan fingerprint density at radius 3 is 2.29 bits per heavy atom. The number of nitro groups is 1. The first kappa shape index (κ1) is 24.8. The number of amides is 1. The average Bonchev–Trinajstić information content (AvgIpc) is 3.26. The van der Waals surface area contributed by atoms with Crippen molar-refractivity contribution in [1.29, 1.82) is 0 Å². The molecule has 11 heteroatoms. The van der Waals surface area contributed by atoms with Gasteiger partial charge in [-0.3, -0.25) is 14.9 Å². The van der Waals surface area contributed by atoms with E-state index < -0.39 is 26.9 Å². The van der Waals surface area contributed by atoms with Crippen LogP contribution in [-0.2, 0) is 14.8 Å². The quantitative estimate of drug-likeness (QED) is 0.270. The predicted molar refractivity (Wildman–Crippen MR) is 127 cm³/mol. The molecule has 0 radical (unpaired) electrons. The molecule has 0 saturated carbocycles. The van der Waals surface area contributed by atoms with Crippen LogP contribution >= 0.6 is 0 Å². The number of furan rings is 1. The highest BCUT2D eigenvalue weighted by Crippen LogP contribution is 2.24. The van der Waals surface area contributed by atoms with Gasteiger partial charge in [-0.2, -0.15) is 9.82 Å². The number of carbonyl (C=O) groups is 1. The fourth-order valence-corrected chi connectivity index (χ4v) is 4.34. The lowest BCUT2D eigenvalue weighted by Crippen LogP contribution is -2.48. The van der Waals surface area contributed by atoms with E-state index in [9.17, 15) is 23.3 Å². The summed E-state index contributed by atoms with van der Waals surface area (Å²) >= 11 is 0. The SMILES string of the molecule is Cc1ccc(S(=O)(=O)N[C@@H](C(=O)N/N=C\c2ccc(-c3ccc([N+](=O)[O-])cc3)o2)C(C)C)cc1. The van der Waals surface area contributed by atoms with Gasteiger partial charge in [0.2, 0.25) is 10.0 Å². The molecule has 3 aromatic rings. The molecule has 3 rings (SSSR count). The molecule has 178 valence electrons. The first-order valence-corrected chi connectivity index (χ1v) is 11.8. The second kappa shape index (κ2) is 10.4. The minimum atomic E-state index is -3.90. The molecule has 0 aliphatic carbocycles. The number of nitrogens with one attached hydrogen (secondary N) is 2. The molecule has 1 heterocycles. The van der Waals surface area contributed by atoms with Crippen molar-refractivity contribution in [2.45, 2.75) is 31.7 Å². The molecule has 0 fully saturated rings. The maximum absolute atomic E-state index is 12.7. The van der Waals surface area contributed by atoms with Gasteiger partial charge >= 0.3 is 0 Å². The molecule has 0 bridgehead atoms. The zero-order valence-electron chi connectivity index (χ0n) is 18.8. The minimum Gasteiger partial charge on any atom is -0.455 e. The first-order valence-electron chi connectivity index (χ1n) is 10.3. The van der Waals surface area contributed by atoms with Gasteiger partial charge in [0, 0.05) is 17.7 Å². The van der Waals surface area contributed by atoms with E-state index in [1.807, 2.05) is 6.92 Å². The highest BCUT2D eigenvalue weighted by atomic mass is 32.2. The third kappa shape index (κ3) is 6.15. The molecule has 2 aromatic carbocycles. The Morgan fingerprint density at radius 2 is 1.71 bits per heavy atom. The van der Waals surface area contributed by atoms with Crippen LogP contribution in [-0.4, -0.2) is 31.5 Å². The van der Waals surface area contributed by atoms with Gasteiger partial charge in [0.1, 0.15) is 17.6 Å². The molecule has 0 aliphatic rings. The average molecular weight is 485 g/mol. The van der Waals surface area contributed by atoms with Crippen LogP contribution < -0.4 is 10.1 Å². The van der Waals surface area contributed by atoms with Gasteiger partial charge in [0.25, 0.3) is 11.6 Å². The van der Waals surface area contributed by atoms with E-state index in [1.54, 1.807) is 50.2 Å². The van der Waals surface area contributed by atoms with Gasteiger partial charge in [0.15, 0.2) is 0 Å². The molecule has 0 aliphatic heterocycles. The third-order valence-corrected chi connectivity index (χ3v) is 6.38. The van der Waals surface area contributed by atoms with Gasteiger partial charge in [0.05, 0.1) is 16.0 Å². The lowest BCUT2D eigenvalue weighted by Gasteiger charge is -2.20. The summed E-state index contributed by atoms with van der Waals surface area (Å²) in [5, 5.41) is 14.6. The third-order valence-electron chi connectivity index (χ3n) is 4.92. The number of nitro benzene ring substituents is 1. The zero-order chi connectivity index (χ0) is 24.9. The summed E-state index contributed by atoms with van der Waals surface area (Å²) in [7, 11) is -3.90. The van der Waals surface area contributed by atoms with Crippen LogP contribution in [0.25, 0.3) is 11.3 Å². The number of carbonyl (C=O) groups excluding carboxylic acids is 1. The van der Waals surface area contributed by atoms with Gasteiger partial charge < -0.3 is 4.42 Å². The predicted octanol–water partition coefficient (Wildman–Crippen LogP) is 3.62. The smallest absolute Gasteiger partial charge is 0.269 e. The molecule has 34 heavy (non-hydrogen) atoms. The number of rotatable bonds is 9. The summed E-state index contributed by atoms with van der Waals surface area (Å²) in [6, 6.07) is 14.4. The largest absolute Gasteiger partial charge is 0.455 e. The van der Waals surface area contributed by atoms with Crippen molar-refractivity contribution >= 4 is 27.8 Å². The van der Waals surface area contributed by atoms with E-state index in [0.717, 1.165) is 5.56 Å². The van der Waals surface area contributed by atoms with Gasteiger partial charge in [-0.1, -0.05) is 31.5 Å². The summed E-state index contributed by atoms with van der Waals surface area (Å²) in [5.41, 5.74) is 3.86. The van der Waals surface area contributed by atoms with Crippen molar-refractivity contribution in [3.05, 3.63) is 82.1 Å². The number of hydrogen-bond donors (Lipinski definition) is 2. The van der Waals surface area contributed by atoms with Crippen LogP contribution in [0.1, 0.15) is 25.2 Å². The van der Waals surface area contributed by atoms with E-state index in [-0.39, 0.29) is 16.5 Å². The Balaban J connectivity index is 1.65. The Morgan fingerprint density at radius 1 is 1.06 bits per heavy atom. The Kier molecular flexibility index (Phi) is 7.59. The lowest BCUT2D eigenvalue weighted by molar-refractivity contribution is -0.384. The van der Waals surface area contributed by atoms with Crippen LogP contribution in [0, 0.1) is 23.0 Å². The van der Waals surface area contributed by atoms with Crippen LogP contribution in [0.15, 0.2) is 75.1 Å². The standard InChI is InChI=1S/C23H24N4O6S/c1-15(2)22(26-34(31,32)20-11-4-16(3)5-12-20)23(28)25-24-14-19-10-13-21(33-19)17-6-8-18(9-7-17)27(29)30/h4-15,22,26H,1-3H3,(H,25,28)/b24-14-/t22-/m1/s1. The van der Waals surface area contributed by atoms with Gasteiger partial charge in [-0.15, -0.1) is 0 Å². The summed E-state index contributed by atoms with van der Waals surface area (Å²) < 4.78 is 33.4. The van der Waals surface area contributed by atoms with E-state index >= 15 is 0 Å². The summed E-state index contributed by atoms with van der Waals surface area (Å²) in [6.07, 6.45) is 1.28. The van der Waals surface area contributed by atoms with Crippen molar-refractivity contribution in [2.75, 3.05) is 0 Å². The maximum Gasteiger partial charge on any atom is 0.269 e. The number of sulfonamides is 1. The topological polar surface area (TPSA) is 144 Å². The van der Waals surface area contributed by atoms with E-state index in [2.05, 4.69) is 15.2 Å². The Hall–Kier alpha value is -3.83. The van der Waals surface area contributed by atoms with Crippen LogP contribution in [0.5, 0.6) is 0 Å². The highest BCUT2D eigenvalue weighted by molar-refractivity contribution is 7.89. The highest BCUT2D eigenvalue weighted by Gasteiger charge is 2.28. The molecule has 10 nitrogen and oxygen atoms in total. The molecule has 1 atom stereocenters. The maximum atomic E-state index is 12.7. The van der Waals surface area contributed by atoms with Crippen molar-refractivity contribution < 1.29 is 22.6 Å². The Labute approximate surface area is 196 Å². The second-order valence-corrected chi connectivity index (χ2v) is 9.61. The number of aryl methyl sites for hydroxylation is 1. The lowest BCUT2D eigenvalue weighted by atomic mass is 10.1. The molecule has 0 unspecified atom stereocenters. The fourth-order valence-electron chi connectivity index (χ4n) is 3.00. The molecule has 0 saturated heterocycles. The van der Waals surface area contributed by atoms with Crippen molar-refractivity contribution in [2.24, 2.45) is 11.0 Å². The number of nitrogens with zero attached hydrogens (tertiary/aromatic N) is 2. The molecular formula is C23H24N4O6S. The molecule has 0 spiro atoms. The van der Waals surface area contributed by atoms with Crippen molar-refractivity contribution in [3.63, 3.8) is 0 Å². The van der Waals surface area contributed by atoms with Crippen LogP contribution in [0.3, 0.4) is 0 Å². The fraction of sp³-hybridized carbons (Fsp3) is 0.217. The summed E-state index contributed by atoms with van der Waals surface area (Å²) in [6.45, 7) is 5.28. The van der Waals surface area contributed by atoms with Crippen molar-refractivity contribution in [1.82, 2.24) is 10.1 Å². The first-order chi connectivity index (χ1) is 16.1. The van der Waals surface area contributed by atoms with E-state index in [1.165, 1.54) is 30.5 Å². The van der Waals surface area contributed by atoms with E-state index in [0.29, 0.717) is 17.1 Å². The van der Waals surface area contributed by atoms with E-state index in [4.69, 9.17) is 4.42 Å². The minimum absolute atomic E-state index is 0.0301. The van der Waals surface area contributed by atoms with Gasteiger partial charge in [-0.25, -0.2) is 13.8 Å². The van der Waals surface area contributed by atoms with Gasteiger partial charge in [-0.05, 0) is 49.2 Å². The molecule has 1 aromatic heterocycles. The molecule has 1 amide bonds. The van der Waals surface area contributed by atoms with Crippen LogP contribution in [0.2, 0.25) is 0 Å². The number of benzene rings is 2. The van der Waals surface area contributed by atoms with Crippen molar-refractivity contribution in [3.8, 4) is 11.3 Å².